The summed E-state index contributed by atoms with van der Waals surface area (Å²) in [5, 5.41) is 24.8. The van der Waals surface area contributed by atoms with Gasteiger partial charge in [-0.3, -0.25) is 0 Å². The molecule has 0 unspecified atom stereocenters. The van der Waals surface area contributed by atoms with Gasteiger partial charge < -0.3 is 10.4 Å². The van der Waals surface area contributed by atoms with Gasteiger partial charge in [-0.05, 0) is 26.0 Å². The third-order valence-electron chi connectivity index (χ3n) is 4.49. The van der Waals surface area contributed by atoms with Crippen molar-refractivity contribution in [1.29, 1.82) is 0 Å². The summed E-state index contributed by atoms with van der Waals surface area (Å²) >= 11 is 0. The van der Waals surface area contributed by atoms with E-state index >= 15 is 0 Å². The molecule has 1 aliphatic heterocycles. The van der Waals surface area contributed by atoms with Gasteiger partial charge in [-0.1, -0.05) is 48.0 Å². The summed E-state index contributed by atoms with van der Waals surface area (Å²) in [4.78, 5) is 0. The molecule has 0 fully saturated rings. The Morgan fingerprint density at radius 2 is 1.68 bits per heavy atom. The zero-order valence-electron chi connectivity index (χ0n) is 13.0. The van der Waals surface area contributed by atoms with Crippen LogP contribution in [0.1, 0.15) is 30.5 Å². The molecule has 0 aromatic heterocycles. The van der Waals surface area contributed by atoms with E-state index in [0.717, 1.165) is 26.5 Å². The Balaban J connectivity index is 2.16. The Morgan fingerprint density at radius 3 is 2.27 bits per heavy atom. The van der Waals surface area contributed by atoms with Crippen LogP contribution in [0.4, 0.5) is 0 Å². The number of hydrogen-bond donors (Lipinski definition) is 1. The van der Waals surface area contributed by atoms with E-state index < -0.39 is 5.66 Å². The number of rotatable bonds is 2. The van der Waals surface area contributed by atoms with Crippen molar-refractivity contribution in [3.8, 4) is 0 Å². The second-order valence-electron chi connectivity index (χ2n) is 5.95. The Kier molecular flexibility index (Phi) is 3.51. The van der Waals surface area contributed by atoms with Crippen LogP contribution in [0.5, 0.6) is 0 Å². The predicted octanol–water partition coefficient (Wildman–Crippen LogP) is 3.26. The van der Waals surface area contributed by atoms with Crippen LogP contribution in [0, 0.1) is 12.1 Å². The van der Waals surface area contributed by atoms with Crippen molar-refractivity contribution in [1.82, 2.24) is 5.06 Å². The molecule has 0 amide bonds. The first-order valence-corrected chi connectivity index (χ1v) is 7.41. The molecule has 2 aromatic rings. The average molecular weight is 296 g/mol. The fourth-order valence-electron chi connectivity index (χ4n) is 3.08. The molecule has 0 radical (unpaired) electrons. The summed E-state index contributed by atoms with van der Waals surface area (Å²) in [6, 6.07) is 16.8. The zero-order chi connectivity index (χ0) is 15.9. The Hall–Kier alpha value is -2.17. The zero-order valence-corrected chi connectivity index (χ0v) is 13.0. The van der Waals surface area contributed by atoms with Gasteiger partial charge in [-0.25, -0.2) is 0 Å². The maximum Gasteiger partial charge on any atom is 0.274 e. The van der Waals surface area contributed by atoms with Crippen LogP contribution in [0.15, 0.2) is 54.6 Å². The molecule has 114 valence electrons. The van der Waals surface area contributed by atoms with Gasteiger partial charge >= 0.3 is 0 Å². The van der Waals surface area contributed by atoms with Crippen molar-refractivity contribution >= 4 is 5.71 Å². The van der Waals surface area contributed by atoms with Crippen molar-refractivity contribution in [3.63, 3.8) is 0 Å². The van der Waals surface area contributed by atoms with Crippen LogP contribution in [0.25, 0.3) is 0 Å². The number of hydrogen-bond acceptors (Lipinski definition) is 3. The maximum atomic E-state index is 13.0. The minimum absolute atomic E-state index is 0.383. The minimum atomic E-state index is -1.13. The molecule has 0 spiro atoms. The molecule has 2 atom stereocenters. The summed E-state index contributed by atoms with van der Waals surface area (Å²) in [7, 11) is 0. The highest BCUT2D eigenvalue weighted by Gasteiger charge is 2.54. The summed E-state index contributed by atoms with van der Waals surface area (Å²) < 4.78 is 0.928. The quantitative estimate of drug-likeness (QED) is 0.683. The molecule has 0 saturated carbocycles. The van der Waals surface area contributed by atoms with Crippen molar-refractivity contribution in [3.05, 3.63) is 76.5 Å². The second kappa shape index (κ2) is 5.23. The molecular formula is C18H20N2O2. The Labute approximate surface area is 130 Å². The molecule has 0 saturated heterocycles. The van der Waals surface area contributed by atoms with E-state index in [0.29, 0.717) is 5.71 Å². The lowest BCUT2D eigenvalue weighted by molar-refractivity contribution is -0.595. The van der Waals surface area contributed by atoms with Gasteiger partial charge in [0.15, 0.2) is 0 Å². The summed E-state index contributed by atoms with van der Waals surface area (Å²) in [5.74, 6) is 0. The predicted molar refractivity (Wildman–Crippen MR) is 85.8 cm³/mol. The molecule has 1 N–H and O–H groups in total. The number of benzene rings is 2. The molecule has 2 aromatic carbocycles. The fraction of sp³-hybridized carbons (Fsp3) is 0.278. The molecular weight excluding hydrogens is 276 g/mol. The van der Waals surface area contributed by atoms with E-state index in [9.17, 15) is 10.4 Å². The van der Waals surface area contributed by atoms with E-state index in [1.165, 1.54) is 0 Å². The van der Waals surface area contributed by atoms with E-state index in [2.05, 4.69) is 0 Å². The molecule has 22 heavy (non-hydrogen) atoms. The lowest BCUT2D eigenvalue weighted by Gasteiger charge is -2.29. The molecule has 0 aliphatic carbocycles. The highest BCUT2D eigenvalue weighted by atomic mass is 16.6. The van der Waals surface area contributed by atoms with Gasteiger partial charge in [0.2, 0.25) is 5.71 Å². The number of hydroxylamine groups is 3. The van der Waals surface area contributed by atoms with Crippen LogP contribution < -0.4 is 0 Å². The van der Waals surface area contributed by atoms with E-state index in [1.807, 2.05) is 68.4 Å². The molecule has 1 aliphatic rings. The monoisotopic (exact) mass is 296 g/mol. The Bertz CT molecular complexity index is 710. The molecule has 4 heteroatoms. The largest absolute Gasteiger partial charge is 0.622 e. The number of aryl methyl sites for hydroxylation is 1. The van der Waals surface area contributed by atoms with Gasteiger partial charge in [0.05, 0.1) is 0 Å². The third-order valence-corrected chi connectivity index (χ3v) is 4.49. The van der Waals surface area contributed by atoms with Gasteiger partial charge in [0.25, 0.3) is 5.66 Å². The lowest BCUT2D eigenvalue weighted by Crippen LogP contribution is -2.45. The van der Waals surface area contributed by atoms with E-state index in [-0.39, 0.29) is 6.04 Å². The summed E-state index contributed by atoms with van der Waals surface area (Å²) in [6.07, 6.45) is 0. The normalized spacial score (nSPS) is 25.7. The van der Waals surface area contributed by atoms with Gasteiger partial charge in [-0.2, -0.15) is 4.74 Å². The number of nitrogens with zero attached hydrogens (tertiary/aromatic N) is 2. The Morgan fingerprint density at radius 1 is 1.09 bits per heavy atom. The standard InChI is InChI=1S/C18H20N2O2/c1-13-9-11-16(12-10-13)18(3)19(21)14(2)17(20(18)22)15-7-5-4-6-8-15/h4-12,14,21H,1-3H3/t14-,18-/m0/s1. The highest BCUT2D eigenvalue weighted by Crippen LogP contribution is 2.36. The van der Waals surface area contributed by atoms with Crippen LogP contribution in [-0.2, 0) is 5.66 Å². The SMILES string of the molecule is Cc1ccc([C@@]2(C)N(O)[C@@H](C)C(c3ccccc3)=[N+]2[O-])cc1. The fourth-order valence-corrected chi connectivity index (χ4v) is 3.08. The average Bonchev–Trinajstić information content (AvgIpc) is 2.71. The third kappa shape index (κ3) is 2.03. The van der Waals surface area contributed by atoms with Crippen LogP contribution in [0.2, 0.25) is 0 Å². The van der Waals surface area contributed by atoms with Gasteiger partial charge in [-0.15, -0.1) is 5.06 Å². The summed E-state index contributed by atoms with van der Waals surface area (Å²) in [6.45, 7) is 5.58. The first-order valence-electron chi connectivity index (χ1n) is 7.41. The van der Waals surface area contributed by atoms with Crippen molar-refractivity contribution in [2.45, 2.75) is 32.5 Å². The summed E-state index contributed by atoms with van der Waals surface area (Å²) in [5.41, 5.74) is 2.17. The molecule has 3 rings (SSSR count). The molecule has 0 bridgehead atoms. The van der Waals surface area contributed by atoms with Crippen LogP contribution >= 0.6 is 0 Å². The first kappa shape index (κ1) is 14.8. The topological polar surface area (TPSA) is 49.5 Å². The van der Waals surface area contributed by atoms with E-state index in [4.69, 9.17) is 0 Å². The van der Waals surface area contributed by atoms with Gasteiger partial charge in [0, 0.05) is 18.1 Å². The molecule has 4 nitrogen and oxygen atoms in total. The van der Waals surface area contributed by atoms with Crippen LogP contribution in [-0.4, -0.2) is 26.8 Å². The van der Waals surface area contributed by atoms with Crippen molar-refractivity contribution in [2.75, 3.05) is 0 Å². The molecule has 1 heterocycles. The smallest absolute Gasteiger partial charge is 0.274 e. The highest BCUT2D eigenvalue weighted by molar-refractivity contribution is 6.01. The van der Waals surface area contributed by atoms with Crippen molar-refractivity contribution in [2.24, 2.45) is 0 Å². The second-order valence-corrected chi connectivity index (χ2v) is 5.95. The lowest BCUT2D eigenvalue weighted by atomic mass is 10.0. The van der Waals surface area contributed by atoms with Gasteiger partial charge in [0.1, 0.15) is 6.04 Å². The first-order chi connectivity index (χ1) is 10.5. The van der Waals surface area contributed by atoms with E-state index in [1.54, 1.807) is 6.92 Å². The van der Waals surface area contributed by atoms with Crippen molar-refractivity contribution < 1.29 is 9.95 Å². The van der Waals surface area contributed by atoms with Crippen LogP contribution in [0.3, 0.4) is 0 Å². The maximum absolute atomic E-state index is 13.0. The minimum Gasteiger partial charge on any atom is -0.622 e.